The van der Waals surface area contributed by atoms with E-state index in [9.17, 15) is 0 Å². The van der Waals surface area contributed by atoms with Gasteiger partial charge < -0.3 is 0 Å². The van der Waals surface area contributed by atoms with Crippen LogP contribution in [0.5, 0.6) is 0 Å². The Morgan fingerprint density at radius 3 is 2.68 bits per heavy atom. The molecule has 0 bridgehead atoms. The van der Waals surface area contributed by atoms with Crippen LogP contribution in [0.3, 0.4) is 0 Å². The van der Waals surface area contributed by atoms with E-state index < -0.39 is 13.2 Å². The lowest BCUT2D eigenvalue weighted by molar-refractivity contribution is 1.11. The third-order valence-corrected chi connectivity index (χ3v) is 6.50. The number of fused-ring (bicyclic) bond motifs is 4. The van der Waals surface area contributed by atoms with Crippen molar-refractivity contribution >= 4 is 42.5 Å². The van der Waals surface area contributed by atoms with E-state index in [1.165, 1.54) is 12.3 Å². The molecule has 0 saturated heterocycles. The summed E-state index contributed by atoms with van der Waals surface area (Å²) in [5, 5.41) is 3.14. The Morgan fingerprint density at radius 2 is 1.77 bits per heavy atom. The monoisotopic (exact) mass is 421 g/mol. The van der Waals surface area contributed by atoms with Gasteiger partial charge in [-0.25, -0.2) is 4.98 Å². The predicted molar refractivity (Wildman–Crippen MR) is 132 cm³/mol. The van der Waals surface area contributed by atoms with Crippen LogP contribution >= 0.6 is 11.3 Å². The first-order chi connectivity index (χ1) is 17.2. The molecule has 0 aliphatic heterocycles. The van der Waals surface area contributed by atoms with Gasteiger partial charge in [0.1, 0.15) is 4.83 Å². The number of aromatic nitrogens is 2. The minimum absolute atomic E-state index is 0.0377. The first kappa shape index (κ1) is 13.7. The maximum absolute atomic E-state index is 8.72. The Hall–Kier alpha value is -3.56. The fourth-order valence-electron chi connectivity index (χ4n) is 3.85. The van der Waals surface area contributed by atoms with Crippen LogP contribution in [0.1, 0.15) is 23.5 Å². The first-order valence-corrected chi connectivity index (χ1v) is 10.8. The summed E-state index contributed by atoms with van der Waals surface area (Å²) >= 11 is 1.62. The third-order valence-electron chi connectivity index (χ3n) is 5.42. The Balaban J connectivity index is 1.51. The van der Waals surface area contributed by atoms with E-state index >= 15 is 0 Å². The molecule has 0 amide bonds. The molecule has 0 aliphatic carbocycles. The number of para-hydroxylation sites is 1. The molecule has 31 heavy (non-hydrogen) atoms. The van der Waals surface area contributed by atoms with Crippen LogP contribution in [0.2, 0.25) is 0 Å². The summed E-state index contributed by atoms with van der Waals surface area (Å²) in [5.41, 5.74) is 2.61. The molecule has 6 rings (SSSR count). The second-order valence-electron chi connectivity index (χ2n) is 7.45. The summed E-state index contributed by atoms with van der Waals surface area (Å²) in [4.78, 5) is 10.3. The van der Waals surface area contributed by atoms with Crippen LogP contribution in [-0.4, -0.2) is 9.97 Å². The summed E-state index contributed by atoms with van der Waals surface area (Å²) in [6.07, 6.45) is -0.633. The highest BCUT2D eigenvalue weighted by Crippen LogP contribution is 2.36. The summed E-state index contributed by atoms with van der Waals surface area (Å²) in [6, 6.07) is 26.2. The summed E-state index contributed by atoms with van der Waals surface area (Å²) in [5.74, 6) is 0. The average Bonchev–Trinajstić information content (AvgIpc) is 3.23. The van der Waals surface area contributed by atoms with E-state index in [2.05, 4.69) is 11.1 Å². The third kappa shape index (κ3) is 3.28. The van der Waals surface area contributed by atoms with Crippen molar-refractivity contribution in [1.82, 2.24) is 9.97 Å². The Kier molecular flexibility index (Phi) is 3.22. The molecule has 0 radical (unpaired) electrons. The van der Waals surface area contributed by atoms with Gasteiger partial charge in [-0.2, -0.15) is 0 Å². The zero-order valence-electron chi connectivity index (χ0n) is 21.5. The molecule has 0 unspecified atom stereocenters. The molecule has 2 nitrogen and oxygen atoms in total. The van der Waals surface area contributed by atoms with Gasteiger partial charge in [0.2, 0.25) is 0 Å². The number of hydrogen-bond acceptors (Lipinski definition) is 3. The van der Waals surface area contributed by atoms with Crippen molar-refractivity contribution in [1.29, 1.82) is 0 Å². The van der Waals surface area contributed by atoms with E-state index in [1.807, 2.05) is 42.5 Å². The lowest BCUT2D eigenvalue weighted by Gasteiger charge is -2.09. The standard InChI is InChI=1S/C28H20N2S/c1-18-13-26(29-17-22(18)14-19-7-3-2-4-8-19)21-11-12-27-23(15-21)24-16-20-9-5-6-10-25(20)30-28(24)31-27/h2-13,15-17H,14H2,1H3/i1D3,14D2. The van der Waals surface area contributed by atoms with E-state index in [4.69, 9.17) is 11.8 Å². The van der Waals surface area contributed by atoms with Gasteiger partial charge in [-0.05, 0) is 60.2 Å². The summed E-state index contributed by atoms with van der Waals surface area (Å²) in [6.45, 7) is -2.50. The van der Waals surface area contributed by atoms with Gasteiger partial charge in [-0.1, -0.05) is 54.6 Å². The molecule has 3 aromatic carbocycles. The molecule has 3 heteroatoms. The highest BCUT2D eigenvalue weighted by molar-refractivity contribution is 7.25. The first-order valence-electron chi connectivity index (χ1n) is 12.5. The molecule has 0 atom stereocenters. The molecule has 3 aromatic heterocycles. The molecular weight excluding hydrogens is 396 g/mol. The smallest absolute Gasteiger partial charge is 0.125 e. The van der Waals surface area contributed by atoms with E-state index in [-0.39, 0.29) is 11.1 Å². The second kappa shape index (κ2) is 7.29. The second-order valence-corrected chi connectivity index (χ2v) is 8.48. The van der Waals surface area contributed by atoms with Gasteiger partial charge in [0.05, 0.1) is 11.2 Å². The van der Waals surface area contributed by atoms with E-state index in [0.717, 1.165) is 36.8 Å². The molecule has 0 aliphatic rings. The van der Waals surface area contributed by atoms with Crippen molar-refractivity contribution in [2.45, 2.75) is 13.2 Å². The fraction of sp³-hybridized carbons (Fsp3) is 0.0714. The van der Waals surface area contributed by atoms with Crippen LogP contribution in [0.15, 0.2) is 91.1 Å². The van der Waals surface area contributed by atoms with E-state index in [0.29, 0.717) is 11.3 Å². The van der Waals surface area contributed by atoms with Gasteiger partial charge >= 0.3 is 0 Å². The normalized spacial score (nSPS) is 14.8. The number of hydrogen-bond donors (Lipinski definition) is 0. The largest absolute Gasteiger partial charge is 0.256 e. The van der Waals surface area contributed by atoms with Gasteiger partial charge in [0, 0.05) is 39.5 Å². The summed E-state index contributed by atoms with van der Waals surface area (Å²) < 4.78 is 42.9. The van der Waals surface area contributed by atoms with Crippen LogP contribution < -0.4 is 0 Å². The van der Waals surface area contributed by atoms with Crippen molar-refractivity contribution in [2.24, 2.45) is 0 Å². The lowest BCUT2D eigenvalue weighted by atomic mass is 10.00. The van der Waals surface area contributed by atoms with Crippen molar-refractivity contribution in [3.63, 3.8) is 0 Å². The number of aryl methyl sites for hydroxylation is 1. The van der Waals surface area contributed by atoms with E-state index in [1.54, 1.807) is 41.7 Å². The molecular formula is C28H20N2S. The van der Waals surface area contributed by atoms with Gasteiger partial charge in [-0.3, -0.25) is 4.98 Å². The topological polar surface area (TPSA) is 25.8 Å². The van der Waals surface area contributed by atoms with Crippen LogP contribution in [0.25, 0.3) is 42.5 Å². The Morgan fingerprint density at radius 1 is 0.903 bits per heavy atom. The number of pyridine rings is 2. The zero-order valence-corrected chi connectivity index (χ0v) is 17.3. The van der Waals surface area contributed by atoms with Crippen LogP contribution in [0.4, 0.5) is 0 Å². The molecule has 0 spiro atoms. The van der Waals surface area contributed by atoms with Gasteiger partial charge in [0.25, 0.3) is 0 Å². The molecule has 3 heterocycles. The number of nitrogens with zero attached hydrogens (tertiary/aromatic N) is 2. The van der Waals surface area contributed by atoms with Crippen molar-refractivity contribution in [3.8, 4) is 11.3 Å². The molecule has 0 N–H and O–H groups in total. The molecule has 6 aromatic rings. The van der Waals surface area contributed by atoms with Gasteiger partial charge in [0.15, 0.2) is 0 Å². The fourth-order valence-corrected chi connectivity index (χ4v) is 4.90. The Bertz CT molecular complexity index is 1760. The number of thiophene rings is 1. The minimum atomic E-state index is -2.50. The minimum Gasteiger partial charge on any atom is -0.256 e. The molecule has 0 fully saturated rings. The van der Waals surface area contributed by atoms with Crippen molar-refractivity contribution < 1.29 is 6.85 Å². The predicted octanol–water partition coefficient (Wildman–Crippen LogP) is 7.56. The van der Waals surface area contributed by atoms with Crippen molar-refractivity contribution in [2.75, 3.05) is 0 Å². The Labute approximate surface area is 191 Å². The lowest BCUT2D eigenvalue weighted by Crippen LogP contribution is -1.95. The van der Waals surface area contributed by atoms with Crippen molar-refractivity contribution in [3.05, 3.63) is 108 Å². The maximum atomic E-state index is 8.72. The highest BCUT2D eigenvalue weighted by Gasteiger charge is 2.11. The van der Waals surface area contributed by atoms with Crippen LogP contribution in [0, 0.1) is 6.85 Å². The number of benzene rings is 3. The summed E-state index contributed by atoms with van der Waals surface area (Å²) in [7, 11) is 0. The molecule has 148 valence electrons. The quantitative estimate of drug-likeness (QED) is 0.294. The SMILES string of the molecule is [2H]C([2H])([2H])c1cc(-c2ccc3sc4nc5ccccc5cc4c3c2)ncc1C([2H])([2H])c1ccccc1. The van der Waals surface area contributed by atoms with Gasteiger partial charge in [-0.15, -0.1) is 11.3 Å². The average molecular weight is 422 g/mol. The highest BCUT2D eigenvalue weighted by atomic mass is 32.1. The molecule has 0 saturated carbocycles. The maximum Gasteiger partial charge on any atom is 0.125 e. The zero-order chi connectivity index (χ0) is 25.1. The number of rotatable bonds is 3. The van der Waals surface area contributed by atoms with Crippen LogP contribution in [-0.2, 0) is 6.37 Å².